The molecule has 28 heavy (non-hydrogen) atoms. The second-order valence-corrected chi connectivity index (χ2v) is 6.87. The molecule has 1 aliphatic heterocycles. The van der Waals surface area contributed by atoms with Crippen LogP contribution in [-0.4, -0.2) is 44.0 Å². The monoisotopic (exact) mass is 382 g/mol. The van der Waals surface area contributed by atoms with Crippen molar-refractivity contribution in [3.63, 3.8) is 0 Å². The third-order valence-corrected chi connectivity index (χ3v) is 4.89. The van der Waals surface area contributed by atoms with E-state index < -0.39 is 0 Å². The molecule has 2 aromatic carbocycles. The van der Waals surface area contributed by atoms with Crippen LogP contribution >= 0.6 is 0 Å². The number of rotatable bonds is 6. The third kappa shape index (κ3) is 5.03. The van der Waals surface area contributed by atoms with Gasteiger partial charge in [-0.2, -0.15) is 0 Å². The molecular formula is C22H26N2O4. The van der Waals surface area contributed by atoms with Crippen molar-refractivity contribution in [1.82, 2.24) is 4.90 Å². The van der Waals surface area contributed by atoms with Gasteiger partial charge in [-0.15, -0.1) is 0 Å². The summed E-state index contributed by atoms with van der Waals surface area (Å²) in [6.07, 6.45) is 3.77. The Bertz CT molecular complexity index is 805. The molecular weight excluding hydrogens is 356 g/mol. The summed E-state index contributed by atoms with van der Waals surface area (Å²) in [5.41, 5.74) is 2.05. The smallest absolute Gasteiger partial charge is 0.255 e. The van der Waals surface area contributed by atoms with Gasteiger partial charge >= 0.3 is 0 Å². The summed E-state index contributed by atoms with van der Waals surface area (Å²) < 4.78 is 10.4. The molecule has 2 aromatic rings. The summed E-state index contributed by atoms with van der Waals surface area (Å²) in [5.74, 6) is 1.02. The number of likely N-dealkylation sites (tertiary alicyclic amines) is 1. The maximum Gasteiger partial charge on any atom is 0.255 e. The highest BCUT2D eigenvalue weighted by molar-refractivity contribution is 6.04. The molecule has 1 fully saturated rings. The minimum absolute atomic E-state index is 0.167. The van der Waals surface area contributed by atoms with E-state index in [1.54, 1.807) is 32.4 Å². The van der Waals surface area contributed by atoms with E-state index in [0.717, 1.165) is 31.5 Å². The Labute approximate surface area is 165 Å². The fourth-order valence-electron chi connectivity index (χ4n) is 3.28. The van der Waals surface area contributed by atoms with E-state index in [1.165, 1.54) is 6.42 Å². The molecule has 0 spiro atoms. The van der Waals surface area contributed by atoms with Crippen LogP contribution in [0.5, 0.6) is 11.5 Å². The lowest BCUT2D eigenvalue weighted by Crippen LogP contribution is -2.36. The van der Waals surface area contributed by atoms with E-state index in [1.807, 2.05) is 29.2 Å². The van der Waals surface area contributed by atoms with E-state index >= 15 is 0 Å². The molecule has 0 aliphatic carbocycles. The number of nitrogens with zero attached hydrogens (tertiary/aromatic N) is 1. The van der Waals surface area contributed by atoms with Crippen LogP contribution in [0, 0.1) is 0 Å². The molecule has 1 saturated heterocycles. The number of anilines is 1. The molecule has 0 aromatic heterocycles. The van der Waals surface area contributed by atoms with Crippen LogP contribution in [0.3, 0.4) is 0 Å². The number of hydrogen-bond acceptors (Lipinski definition) is 4. The normalized spacial score (nSPS) is 13.7. The number of ether oxygens (including phenoxy) is 2. The SMILES string of the molecule is COc1cc(OC)cc(C(=O)Nc2ccc(CC(=O)N3CCCCC3)cc2)c1. The van der Waals surface area contributed by atoms with Crippen molar-refractivity contribution in [2.75, 3.05) is 32.6 Å². The molecule has 0 bridgehead atoms. The molecule has 148 valence electrons. The van der Waals surface area contributed by atoms with Crippen molar-refractivity contribution >= 4 is 17.5 Å². The van der Waals surface area contributed by atoms with Gasteiger partial charge in [-0.05, 0) is 49.1 Å². The van der Waals surface area contributed by atoms with E-state index in [2.05, 4.69) is 5.32 Å². The van der Waals surface area contributed by atoms with Crippen molar-refractivity contribution in [3.8, 4) is 11.5 Å². The Morgan fingerprint density at radius 2 is 1.54 bits per heavy atom. The zero-order chi connectivity index (χ0) is 19.9. The Morgan fingerprint density at radius 1 is 0.929 bits per heavy atom. The second kappa shape index (κ2) is 9.26. The Morgan fingerprint density at radius 3 is 2.11 bits per heavy atom. The zero-order valence-corrected chi connectivity index (χ0v) is 16.4. The molecule has 1 N–H and O–H groups in total. The molecule has 0 radical (unpaired) electrons. The first-order valence-electron chi connectivity index (χ1n) is 9.50. The lowest BCUT2D eigenvalue weighted by Gasteiger charge is -2.26. The molecule has 0 atom stereocenters. The average Bonchev–Trinajstić information content (AvgIpc) is 2.75. The number of piperidine rings is 1. The maximum absolute atomic E-state index is 12.5. The first kappa shape index (κ1) is 19.7. The van der Waals surface area contributed by atoms with Crippen molar-refractivity contribution < 1.29 is 19.1 Å². The summed E-state index contributed by atoms with van der Waals surface area (Å²) in [4.78, 5) is 26.8. The van der Waals surface area contributed by atoms with Crippen LogP contribution in [0.25, 0.3) is 0 Å². The second-order valence-electron chi connectivity index (χ2n) is 6.87. The van der Waals surface area contributed by atoms with E-state index in [4.69, 9.17) is 9.47 Å². The molecule has 0 unspecified atom stereocenters. The summed E-state index contributed by atoms with van der Waals surface area (Å²) in [6, 6.07) is 12.4. The predicted octanol–water partition coefficient (Wildman–Crippen LogP) is 3.51. The number of methoxy groups -OCH3 is 2. The number of nitrogens with one attached hydrogen (secondary N) is 1. The highest BCUT2D eigenvalue weighted by Crippen LogP contribution is 2.23. The van der Waals surface area contributed by atoms with Gasteiger partial charge in [0, 0.05) is 30.4 Å². The number of carbonyl (C=O) groups is 2. The van der Waals surface area contributed by atoms with Crippen molar-refractivity contribution in [3.05, 3.63) is 53.6 Å². The maximum atomic E-state index is 12.5. The van der Waals surface area contributed by atoms with Crippen LogP contribution in [-0.2, 0) is 11.2 Å². The van der Waals surface area contributed by atoms with Gasteiger partial charge in [-0.25, -0.2) is 0 Å². The van der Waals surface area contributed by atoms with Crippen LogP contribution in [0.1, 0.15) is 35.2 Å². The molecule has 3 rings (SSSR count). The van der Waals surface area contributed by atoms with Crippen molar-refractivity contribution in [2.24, 2.45) is 0 Å². The van der Waals surface area contributed by atoms with Crippen molar-refractivity contribution in [2.45, 2.75) is 25.7 Å². The van der Waals surface area contributed by atoms with Crippen LogP contribution in [0.2, 0.25) is 0 Å². The largest absolute Gasteiger partial charge is 0.497 e. The van der Waals surface area contributed by atoms with Gasteiger partial charge in [-0.3, -0.25) is 9.59 Å². The number of benzene rings is 2. The first-order chi connectivity index (χ1) is 13.6. The Hall–Kier alpha value is -3.02. The summed E-state index contributed by atoms with van der Waals surface area (Å²) in [5, 5.41) is 2.86. The van der Waals surface area contributed by atoms with E-state index in [9.17, 15) is 9.59 Å². The molecule has 0 saturated carbocycles. The summed E-state index contributed by atoms with van der Waals surface area (Å²) in [7, 11) is 3.08. The highest BCUT2D eigenvalue weighted by atomic mass is 16.5. The number of carbonyl (C=O) groups excluding carboxylic acids is 2. The van der Waals surface area contributed by atoms with Gasteiger partial charge < -0.3 is 19.7 Å². The lowest BCUT2D eigenvalue weighted by molar-refractivity contribution is -0.131. The van der Waals surface area contributed by atoms with Crippen LogP contribution in [0.15, 0.2) is 42.5 Å². The lowest BCUT2D eigenvalue weighted by atomic mass is 10.1. The fraction of sp³-hybridized carbons (Fsp3) is 0.364. The van der Waals surface area contributed by atoms with Crippen LogP contribution in [0.4, 0.5) is 5.69 Å². The number of amides is 2. The Kier molecular flexibility index (Phi) is 6.53. The van der Waals surface area contributed by atoms with Gasteiger partial charge in [0.05, 0.1) is 20.6 Å². The van der Waals surface area contributed by atoms with Crippen molar-refractivity contribution in [1.29, 1.82) is 0 Å². The topological polar surface area (TPSA) is 67.9 Å². The van der Waals surface area contributed by atoms with Gasteiger partial charge in [0.2, 0.25) is 5.91 Å². The molecule has 2 amide bonds. The number of hydrogen-bond donors (Lipinski definition) is 1. The van der Waals surface area contributed by atoms with Gasteiger partial charge in [-0.1, -0.05) is 12.1 Å². The first-order valence-corrected chi connectivity index (χ1v) is 9.50. The molecule has 6 nitrogen and oxygen atoms in total. The minimum atomic E-state index is -0.255. The third-order valence-electron chi connectivity index (χ3n) is 4.89. The summed E-state index contributed by atoms with van der Waals surface area (Å²) >= 11 is 0. The average molecular weight is 382 g/mol. The molecule has 1 aliphatic rings. The summed E-state index contributed by atoms with van der Waals surface area (Å²) in [6.45, 7) is 1.72. The van der Waals surface area contributed by atoms with Gasteiger partial charge in [0.15, 0.2) is 0 Å². The quantitative estimate of drug-likeness (QED) is 0.830. The standard InChI is InChI=1S/C22H26N2O4/c1-27-19-13-17(14-20(15-19)28-2)22(26)23-18-8-6-16(7-9-18)12-21(25)24-10-4-3-5-11-24/h6-9,13-15H,3-5,10-12H2,1-2H3,(H,23,26). The Balaban J connectivity index is 1.62. The highest BCUT2D eigenvalue weighted by Gasteiger charge is 2.16. The zero-order valence-electron chi connectivity index (χ0n) is 16.4. The van der Waals surface area contributed by atoms with Crippen LogP contribution < -0.4 is 14.8 Å². The predicted molar refractivity (Wildman–Crippen MR) is 108 cm³/mol. The van der Waals surface area contributed by atoms with E-state index in [-0.39, 0.29) is 11.8 Å². The molecule has 6 heteroatoms. The molecule has 1 heterocycles. The van der Waals surface area contributed by atoms with E-state index in [0.29, 0.717) is 29.2 Å². The minimum Gasteiger partial charge on any atom is -0.497 e. The van der Waals surface area contributed by atoms with Gasteiger partial charge in [0.1, 0.15) is 11.5 Å². The van der Waals surface area contributed by atoms with Gasteiger partial charge in [0.25, 0.3) is 5.91 Å². The fourth-order valence-corrected chi connectivity index (χ4v) is 3.28.